The average molecular weight is 266 g/mol. The standard InChI is InChI=1S/C14H22N2OS/c1-17-10-9-15-11-12-5-4-8-16-14(12)18-13-6-2-3-7-13/h4-5,8,13,15H,2-3,6-7,9-11H2,1H3. The predicted molar refractivity (Wildman–Crippen MR) is 75.9 cm³/mol. The lowest BCUT2D eigenvalue weighted by Gasteiger charge is -2.12. The van der Waals surface area contributed by atoms with Crippen LogP contribution in [-0.2, 0) is 11.3 Å². The molecular weight excluding hydrogens is 244 g/mol. The third-order valence-electron chi connectivity index (χ3n) is 3.23. The largest absolute Gasteiger partial charge is 0.383 e. The maximum absolute atomic E-state index is 5.03. The van der Waals surface area contributed by atoms with Crippen LogP contribution in [0.15, 0.2) is 23.4 Å². The first-order chi connectivity index (χ1) is 8.90. The van der Waals surface area contributed by atoms with Gasteiger partial charge >= 0.3 is 0 Å². The van der Waals surface area contributed by atoms with Crippen molar-refractivity contribution in [1.29, 1.82) is 0 Å². The van der Waals surface area contributed by atoms with Crippen LogP contribution in [0.4, 0.5) is 0 Å². The van der Waals surface area contributed by atoms with E-state index < -0.39 is 0 Å². The minimum atomic E-state index is 0.755. The molecule has 1 fully saturated rings. The van der Waals surface area contributed by atoms with Gasteiger partial charge in [0.05, 0.1) is 6.61 Å². The molecule has 1 aromatic rings. The van der Waals surface area contributed by atoms with E-state index >= 15 is 0 Å². The van der Waals surface area contributed by atoms with Crippen LogP contribution in [0.25, 0.3) is 0 Å². The fraction of sp³-hybridized carbons (Fsp3) is 0.643. The molecule has 0 amide bonds. The molecule has 1 aliphatic carbocycles. The van der Waals surface area contributed by atoms with E-state index in [1.165, 1.54) is 36.3 Å². The zero-order valence-corrected chi connectivity index (χ0v) is 11.8. The van der Waals surface area contributed by atoms with Gasteiger partial charge in [0, 0.05) is 31.6 Å². The van der Waals surface area contributed by atoms with E-state index in [0.29, 0.717) is 0 Å². The first-order valence-electron chi connectivity index (χ1n) is 6.70. The van der Waals surface area contributed by atoms with Crippen molar-refractivity contribution in [1.82, 2.24) is 10.3 Å². The van der Waals surface area contributed by atoms with Crippen LogP contribution in [0.3, 0.4) is 0 Å². The highest BCUT2D eigenvalue weighted by molar-refractivity contribution is 7.99. The molecule has 3 nitrogen and oxygen atoms in total. The first-order valence-corrected chi connectivity index (χ1v) is 7.58. The molecule has 1 heterocycles. The van der Waals surface area contributed by atoms with E-state index in [-0.39, 0.29) is 0 Å². The third-order valence-corrected chi connectivity index (χ3v) is 4.62. The number of nitrogens with zero attached hydrogens (tertiary/aromatic N) is 1. The van der Waals surface area contributed by atoms with Gasteiger partial charge in [-0.15, -0.1) is 11.8 Å². The number of aromatic nitrogens is 1. The van der Waals surface area contributed by atoms with E-state index in [0.717, 1.165) is 24.9 Å². The van der Waals surface area contributed by atoms with E-state index in [1.54, 1.807) is 7.11 Å². The minimum absolute atomic E-state index is 0.755. The zero-order chi connectivity index (χ0) is 12.6. The summed E-state index contributed by atoms with van der Waals surface area (Å²) in [5.74, 6) is 0. The SMILES string of the molecule is COCCNCc1cccnc1SC1CCCC1. The highest BCUT2D eigenvalue weighted by Crippen LogP contribution is 2.34. The summed E-state index contributed by atoms with van der Waals surface area (Å²) in [5, 5.41) is 5.37. The number of ether oxygens (including phenoxy) is 1. The molecule has 1 N–H and O–H groups in total. The van der Waals surface area contributed by atoms with Crippen LogP contribution < -0.4 is 5.32 Å². The molecule has 4 heteroatoms. The van der Waals surface area contributed by atoms with E-state index in [9.17, 15) is 0 Å². The summed E-state index contributed by atoms with van der Waals surface area (Å²) in [4.78, 5) is 4.53. The number of pyridine rings is 1. The van der Waals surface area contributed by atoms with Crippen molar-refractivity contribution in [3.8, 4) is 0 Å². The van der Waals surface area contributed by atoms with Gasteiger partial charge < -0.3 is 10.1 Å². The lowest BCUT2D eigenvalue weighted by Crippen LogP contribution is -2.19. The number of nitrogens with one attached hydrogen (secondary N) is 1. The van der Waals surface area contributed by atoms with E-state index in [2.05, 4.69) is 16.4 Å². The number of methoxy groups -OCH3 is 1. The summed E-state index contributed by atoms with van der Waals surface area (Å²) in [6.45, 7) is 2.52. The molecule has 0 radical (unpaired) electrons. The van der Waals surface area contributed by atoms with Gasteiger partial charge in [0.2, 0.25) is 0 Å². The summed E-state index contributed by atoms with van der Waals surface area (Å²) in [5.41, 5.74) is 1.31. The molecule has 0 unspecified atom stereocenters. The van der Waals surface area contributed by atoms with Crippen LogP contribution in [0, 0.1) is 0 Å². The molecule has 0 aliphatic heterocycles. The average Bonchev–Trinajstić information content (AvgIpc) is 2.89. The molecule has 0 bridgehead atoms. The maximum atomic E-state index is 5.03. The van der Waals surface area contributed by atoms with Crippen molar-refractivity contribution in [3.05, 3.63) is 23.9 Å². The Bertz CT molecular complexity index is 353. The van der Waals surface area contributed by atoms with Crippen molar-refractivity contribution < 1.29 is 4.74 Å². The summed E-state index contributed by atoms with van der Waals surface area (Å²) in [6.07, 6.45) is 7.35. The Balaban J connectivity index is 1.87. The topological polar surface area (TPSA) is 34.1 Å². The van der Waals surface area contributed by atoms with Gasteiger partial charge in [0.25, 0.3) is 0 Å². The lowest BCUT2D eigenvalue weighted by atomic mass is 10.3. The van der Waals surface area contributed by atoms with Gasteiger partial charge in [-0.2, -0.15) is 0 Å². The van der Waals surface area contributed by atoms with Gasteiger partial charge in [-0.25, -0.2) is 4.98 Å². The summed E-state index contributed by atoms with van der Waals surface area (Å²) >= 11 is 1.96. The molecule has 1 saturated carbocycles. The fourth-order valence-electron chi connectivity index (χ4n) is 2.23. The third kappa shape index (κ3) is 4.26. The Labute approximate surface area is 114 Å². The minimum Gasteiger partial charge on any atom is -0.383 e. The smallest absolute Gasteiger partial charge is 0.101 e. The fourth-order valence-corrected chi connectivity index (χ4v) is 3.52. The monoisotopic (exact) mass is 266 g/mol. The Morgan fingerprint density at radius 2 is 2.28 bits per heavy atom. The van der Waals surface area contributed by atoms with Gasteiger partial charge in [0.15, 0.2) is 0 Å². The number of hydrogen-bond acceptors (Lipinski definition) is 4. The molecule has 18 heavy (non-hydrogen) atoms. The molecule has 1 aliphatic rings. The molecule has 1 aromatic heterocycles. The number of rotatable bonds is 7. The lowest BCUT2D eigenvalue weighted by molar-refractivity contribution is 0.199. The van der Waals surface area contributed by atoms with E-state index in [4.69, 9.17) is 4.74 Å². The molecule has 0 spiro atoms. The van der Waals surface area contributed by atoms with Gasteiger partial charge in [0.1, 0.15) is 5.03 Å². The number of thioether (sulfide) groups is 1. The van der Waals surface area contributed by atoms with Crippen LogP contribution in [0.5, 0.6) is 0 Å². The van der Waals surface area contributed by atoms with Crippen LogP contribution in [0.1, 0.15) is 31.2 Å². The van der Waals surface area contributed by atoms with Gasteiger partial charge in [-0.05, 0) is 24.5 Å². The van der Waals surface area contributed by atoms with Crippen LogP contribution in [0.2, 0.25) is 0 Å². The first kappa shape index (κ1) is 13.8. The Morgan fingerprint density at radius 1 is 1.44 bits per heavy atom. The van der Waals surface area contributed by atoms with Crippen molar-refractivity contribution in [2.45, 2.75) is 42.5 Å². The molecule has 0 aromatic carbocycles. The molecule has 2 rings (SSSR count). The second kappa shape index (κ2) is 7.77. The van der Waals surface area contributed by atoms with Gasteiger partial charge in [-0.1, -0.05) is 18.9 Å². The van der Waals surface area contributed by atoms with Gasteiger partial charge in [-0.3, -0.25) is 0 Å². The molecule has 0 saturated heterocycles. The highest BCUT2D eigenvalue weighted by atomic mass is 32.2. The Morgan fingerprint density at radius 3 is 3.06 bits per heavy atom. The maximum Gasteiger partial charge on any atom is 0.101 e. The van der Waals surface area contributed by atoms with Crippen molar-refractivity contribution in [2.75, 3.05) is 20.3 Å². The molecular formula is C14H22N2OS. The van der Waals surface area contributed by atoms with Crippen LogP contribution >= 0.6 is 11.8 Å². The quantitative estimate of drug-likeness (QED) is 0.770. The summed E-state index contributed by atoms with van der Waals surface area (Å²) < 4.78 is 5.03. The van der Waals surface area contributed by atoms with Crippen molar-refractivity contribution in [3.63, 3.8) is 0 Å². The van der Waals surface area contributed by atoms with E-state index in [1.807, 2.05) is 24.0 Å². The zero-order valence-electron chi connectivity index (χ0n) is 11.0. The molecule has 100 valence electrons. The summed E-state index contributed by atoms with van der Waals surface area (Å²) in [7, 11) is 1.73. The normalized spacial score (nSPS) is 16.3. The summed E-state index contributed by atoms with van der Waals surface area (Å²) in [6, 6.07) is 4.19. The van der Waals surface area contributed by atoms with Crippen LogP contribution in [-0.4, -0.2) is 30.5 Å². The van der Waals surface area contributed by atoms with Crippen molar-refractivity contribution in [2.24, 2.45) is 0 Å². The number of hydrogen-bond donors (Lipinski definition) is 1. The highest BCUT2D eigenvalue weighted by Gasteiger charge is 2.18. The Hall–Kier alpha value is -0.580. The second-order valence-corrected chi connectivity index (χ2v) is 5.95. The molecule has 0 atom stereocenters. The second-order valence-electron chi connectivity index (χ2n) is 4.66. The van der Waals surface area contributed by atoms with Crippen molar-refractivity contribution >= 4 is 11.8 Å². The predicted octanol–water partition coefficient (Wildman–Crippen LogP) is 2.85. The Kier molecular flexibility index (Phi) is 5.97.